The van der Waals surface area contributed by atoms with Gasteiger partial charge in [0, 0.05) is 11.8 Å². The number of allylic oxidation sites excluding steroid dienone is 1. The molecule has 0 heterocycles. The standard InChI is InChI=1S/C12H14ClNO2/c1-3-16-12(15)6-8(2)10-5-4-9(14)7-11(10)13/h4-7H,3,14H2,1-2H3/b8-6+. The molecule has 1 aromatic carbocycles. The minimum Gasteiger partial charge on any atom is -0.463 e. The third kappa shape index (κ3) is 3.28. The maximum absolute atomic E-state index is 11.2. The van der Waals surface area contributed by atoms with Gasteiger partial charge < -0.3 is 10.5 Å². The summed E-state index contributed by atoms with van der Waals surface area (Å²) in [6, 6.07) is 5.17. The van der Waals surface area contributed by atoms with E-state index in [1.165, 1.54) is 6.08 Å². The molecule has 16 heavy (non-hydrogen) atoms. The molecule has 2 N–H and O–H groups in total. The van der Waals surface area contributed by atoms with Crippen LogP contribution < -0.4 is 5.73 Å². The lowest BCUT2D eigenvalue weighted by Crippen LogP contribution is -2.00. The quantitative estimate of drug-likeness (QED) is 0.501. The van der Waals surface area contributed by atoms with Crippen molar-refractivity contribution in [1.82, 2.24) is 0 Å². The number of halogens is 1. The molecule has 0 atom stereocenters. The summed E-state index contributed by atoms with van der Waals surface area (Å²) < 4.78 is 4.81. The second-order valence-corrected chi connectivity index (χ2v) is 3.73. The highest BCUT2D eigenvalue weighted by molar-refractivity contribution is 6.32. The van der Waals surface area contributed by atoms with Crippen LogP contribution in [0.15, 0.2) is 24.3 Å². The highest BCUT2D eigenvalue weighted by Crippen LogP contribution is 2.25. The Kier molecular flexibility index (Phi) is 4.38. The topological polar surface area (TPSA) is 52.3 Å². The molecular weight excluding hydrogens is 226 g/mol. The first kappa shape index (κ1) is 12.6. The maximum atomic E-state index is 11.2. The first-order valence-corrected chi connectivity index (χ1v) is 5.33. The van der Waals surface area contributed by atoms with Gasteiger partial charge in [0.1, 0.15) is 0 Å². The summed E-state index contributed by atoms with van der Waals surface area (Å²) in [7, 11) is 0. The Labute approximate surface area is 99.8 Å². The summed E-state index contributed by atoms with van der Waals surface area (Å²) in [5, 5.41) is 0.526. The fourth-order valence-corrected chi connectivity index (χ4v) is 1.63. The molecule has 1 aromatic rings. The zero-order chi connectivity index (χ0) is 12.1. The number of ether oxygens (including phenoxy) is 1. The molecule has 0 unspecified atom stereocenters. The van der Waals surface area contributed by atoms with Gasteiger partial charge in [-0.25, -0.2) is 4.79 Å². The van der Waals surface area contributed by atoms with Crippen LogP contribution in [0.1, 0.15) is 19.4 Å². The SMILES string of the molecule is CCOC(=O)/C=C(\C)c1ccc(N)cc1Cl. The fourth-order valence-electron chi connectivity index (χ4n) is 1.29. The summed E-state index contributed by atoms with van der Waals surface area (Å²) in [4.78, 5) is 11.2. The molecule has 0 fully saturated rings. The van der Waals surface area contributed by atoms with E-state index in [-0.39, 0.29) is 5.97 Å². The average molecular weight is 240 g/mol. The van der Waals surface area contributed by atoms with Crippen LogP contribution in [0.5, 0.6) is 0 Å². The lowest BCUT2D eigenvalue weighted by atomic mass is 10.1. The average Bonchev–Trinajstić information content (AvgIpc) is 2.17. The van der Waals surface area contributed by atoms with Crippen molar-refractivity contribution in [2.75, 3.05) is 12.3 Å². The van der Waals surface area contributed by atoms with Crippen molar-refractivity contribution in [2.45, 2.75) is 13.8 Å². The van der Waals surface area contributed by atoms with Crippen molar-refractivity contribution in [1.29, 1.82) is 0 Å². The van der Waals surface area contributed by atoms with E-state index in [0.717, 1.165) is 11.1 Å². The van der Waals surface area contributed by atoms with E-state index in [4.69, 9.17) is 22.1 Å². The Morgan fingerprint density at radius 1 is 1.56 bits per heavy atom. The van der Waals surface area contributed by atoms with Crippen LogP contribution in [0.4, 0.5) is 5.69 Å². The van der Waals surface area contributed by atoms with E-state index in [9.17, 15) is 4.79 Å². The highest BCUT2D eigenvalue weighted by atomic mass is 35.5. The Morgan fingerprint density at radius 2 is 2.25 bits per heavy atom. The van der Waals surface area contributed by atoms with E-state index in [2.05, 4.69) is 0 Å². The van der Waals surface area contributed by atoms with E-state index in [1.54, 1.807) is 32.0 Å². The van der Waals surface area contributed by atoms with Gasteiger partial charge >= 0.3 is 5.97 Å². The summed E-state index contributed by atoms with van der Waals surface area (Å²) in [6.45, 7) is 3.92. The normalized spacial score (nSPS) is 11.3. The second kappa shape index (κ2) is 5.56. The Bertz CT molecular complexity index is 427. The minimum absolute atomic E-state index is 0.359. The zero-order valence-electron chi connectivity index (χ0n) is 9.29. The molecular formula is C12H14ClNO2. The van der Waals surface area contributed by atoms with E-state index in [0.29, 0.717) is 17.3 Å². The van der Waals surface area contributed by atoms with E-state index >= 15 is 0 Å². The number of anilines is 1. The van der Waals surface area contributed by atoms with Gasteiger partial charge in [-0.3, -0.25) is 0 Å². The van der Waals surface area contributed by atoms with Crippen LogP contribution in [0, 0.1) is 0 Å². The summed E-state index contributed by atoms with van der Waals surface area (Å²) in [5.74, 6) is -0.368. The number of nitrogen functional groups attached to an aromatic ring is 1. The summed E-state index contributed by atoms with van der Waals surface area (Å²) in [6.07, 6.45) is 1.42. The van der Waals surface area contributed by atoms with Crippen molar-refractivity contribution in [3.05, 3.63) is 34.9 Å². The number of nitrogens with two attached hydrogens (primary N) is 1. The molecule has 0 aliphatic rings. The molecule has 0 saturated heterocycles. The first-order chi connectivity index (χ1) is 7.54. The smallest absolute Gasteiger partial charge is 0.331 e. The number of benzene rings is 1. The molecule has 1 rings (SSSR count). The Hall–Kier alpha value is -1.48. The predicted molar refractivity (Wildman–Crippen MR) is 66.1 cm³/mol. The van der Waals surface area contributed by atoms with Gasteiger partial charge in [-0.05, 0) is 37.1 Å². The molecule has 0 saturated carbocycles. The molecule has 0 aliphatic heterocycles. The second-order valence-electron chi connectivity index (χ2n) is 3.32. The lowest BCUT2D eigenvalue weighted by Gasteiger charge is -2.05. The highest BCUT2D eigenvalue weighted by Gasteiger charge is 2.05. The Balaban J connectivity index is 2.96. The predicted octanol–water partition coefficient (Wildman–Crippen LogP) is 2.89. The van der Waals surface area contributed by atoms with Crippen LogP contribution in [0.25, 0.3) is 5.57 Å². The van der Waals surface area contributed by atoms with Gasteiger partial charge in [-0.1, -0.05) is 17.7 Å². The summed E-state index contributed by atoms with van der Waals surface area (Å²) in [5.41, 5.74) is 7.71. The first-order valence-electron chi connectivity index (χ1n) is 4.95. The molecule has 3 nitrogen and oxygen atoms in total. The van der Waals surface area contributed by atoms with Crippen LogP contribution in [-0.2, 0) is 9.53 Å². The van der Waals surface area contributed by atoms with Crippen molar-refractivity contribution < 1.29 is 9.53 Å². The number of carbonyl (C=O) groups excluding carboxylic acids is 1. The third-order valence-corrected chi connectivity index (χ3v) is 2.35. The van der Waals surface area contributed by atoms with Gasteiger partial charge in [0.2, 0.25) is 0 Å². The van der Waals surface area contributed by atoms with Gasteiger partial charge in [0.05, 0.1) is 11.6 Å². The van der Waals surface area contributed by atoms with Gasteiger partial charge in [-0.2, -0.15) is 0 Å². The molecule has 0 bridgehead atoms. The molecule has 0 radical (unpaired) electrons. The lowest BCUT2D eigenvalue weighted by molar-refractivity contribution is -0.137. The van der Waals surface area contributed by atoms with Gasteiger partial charge in [-0.15, -0.1) is 0 Å². The Morgan fingerprint density at radius 3 is 2.81 bits per heavy atom. The monoisotopic (exact) mass is 239 g/mol. The molecule has 0 amide bonds. The third-order valence-electron chi connectivity index (χ3n) is 2.04. The van der Waals surface area contributed by atoms with Gasteiger partial charge in [0.15, 0.2) is 0 Å². The van der Waals surface area contributed by atoms with Crippen molar-refractivity contribution in [3.63, 3.8) is 0 Å². The minimum atomic E-state index is -0.368. The number of carbonyl (C=O) groups is 1. The number of rotatable bonds is 3. The summed E-state index contributed by atoms with van der Waals surface area (Å²) >= 11 is 6.01. The van der Waals surface area contributed by atoms with Crippen molar-refractivity contribution >= 4 is 28.8 Å². The largest absolute Gasteiger partial charge is 0.463 e. The van der Waals surface area contributed by atoms with Crippen molar-refractivity contribution in [3.8, 4) is 0 Å². The van der Waals surface area contributed by atoms with Crippen LogP contribution in [0.3, 0.4) is 0 Å². The molecule has 0 aliphatic carbocycles. The number of esters is 1. The molecule has 4 heteroatoms. The van der Waals surface area contributed by atoms with Gasteiger partial charge in [0.25, 0.3) is 0 Å². The fraction of sp³-hybridized carbons (Fsp3) is 0.250. The number of hydrogen-bond donors (Lipinski definition) is 1. The number of hydrogen-bond acceptors (Lipinski definition) is 3. The van der Waals surface area contributed by atoms with Crippen LogP contribution >= 0.6 is 11.6 Å². The van der Waals surface area contributed by atoms with E-state index < -0.39 is 0 Å². The molecule has 86 valence electrons. The maximum Gasteiger partial charge on any atom is 0.331 e. The van der Waals surface area contributed by atoms with Crippen molar-refractivity contribution in [2.24, 2.45) is 0 Å². The van der Waals surface area contributed by atoms with Crippen LogP contribution in [-0.4, -0.2) is 12.6 Å². The molecule has 0 spiro atoms. The van der Waals surface area contributed by atoms with Crippen LogP contribution in [0.2, 0.25) is 5.02 Å². The molecule has 0 aromatic heterocycles. The van der Waals surface area contributed by atoms with E-state index in [1.807, 2.05) is 0 Å². The zero-order valence-corrected chi connectivity index (χ0v) is 10.0.